The molecule has 7 heteroatoms. The van der Waals surface area contributed by atoms with Gasteiger partial charge in [-0.2, -0.15) is 18.2 Å². The van der Waals surface area contributed by atoms with Crippen molar-refractivity contribution in [1.29, 1.82) is 0 Å². The van der Waals surface area contributed by atoms with E-state index in [1.165, 1.54) is 12.1 Å². The van der Waals surface area contributed by atoms with Gasteiger partial charge in [-0.15, -0.1) is 5.10 Å². The molecular formula is C13H13F3N4. The lowest BCUT2D eigenvalue weighted by Crippen LogP contribution is -2.18. The number of rotatable bonds is 1. The van der Waals surface area contributed by atoms with Crippen LogP contribution >= 0.6 is 0 Å². The Morgan fingerprint density at radius 3 is 2.85 bits per heavy atom. The minimum Gasteiger partial charge on any atom is -0.366 e. The lowest BCUT2D eigenvalue weighted by atomic mass is 9.90. The van der Waals surface area contributed by atoms with Crippen molar-refractivity contribution in [1.82, 2.24) is 14.8 Å². The summed E-state index contributed by atoms with van der Waals surface area (Å²) in [7, 11) is 0. The second-order valence-corrected chi connectivity index (χ2v) is 4.87. The van der Waals surface area contributed by atoms with Gasteiger partial charge in [0.05, 0.1) is 5.56 Å². The molecule has 1 aliphatic rings. The second-order valence-electron chi connectivity index (χ2n) is 4.87. The van der Waals surface area contributed by atoms with E-state index in [0.717, 1.165) is 18.9 Å². The number of aryl methyl sites for hydroxylation is 1. The lowest BCUT2D eigenvalue weighted by Gasteiger charge is -2.23. The van der Waals surface area contributed by atoms with Gasteiger partial charge in [-0.3, -0.25) is 0 Å². The highest BCUT2D eigenvalue weighted by atomic mass is 19.4. The zero-order valence-electron chi connectivity index (χ0n) is 10.6. The van der Waals surface area contributed by atoms with E-state index >= 15 is 0 Å². The minimum absolute atomic E-state index is 0.166. The summed E-state index contributed by atoms with van der Waals surface area (Å²) in [5.74, 6) is 0.628. The summed E-state index contributed by atoms with van der Waals surface area (Å²) >= 11 is 0. The maximum Gasteiger partial charge on any atom is 0.416 e. The van der Waals surface area contributed by atoms with Gasteiger partial charge in [-0.05, 0) is 24.5 Å². The number of alkyl halides is 3. The normalized spacial score (nSPS) is 18.9. The molecule has 1 unspecified atom stereocenters. The highest BCUT2D eigenvalue weighted by Crippen LogP contribution is 2.36. The van der Waals surface area contributed by atoms with Gasteiger partial charge in [0.15, 0.2) is 0 Å². The smallest absolute Gasteiger partial charge is 0.366 e. The maximum atomic E-state index is 12.8. The largest absolute Gasteiger partial charge is 0.416 e. The standard InChI is InChI=1S/C13H13F3N4/c14-13(15,16)9-4-1-3-8(7-9)10-5-2-6-20-11(10)18-12(17)19-20/h1,3-4,7,10H,2,5-6H2,(H2,17,19). The molecule has 0 amide bonds. The van der Waals surface area contributed by atoms with Gasteiger partial charge in [0.25, 0.3) is 0 Å². The highest BCUT2D eigenvalue weighted by molar-refractivity contribution is 5.33. The molecule has 0 spiro atoms. The Balaban J connectivity index is 2.02. The minimum atomic E-state index is -4.34. The molecule has 106 valence electrons. The third-order valence-corrected chi connectivity index (χ3v) is 3.51. The third kappa shape index (κ3) is 2.23. The second kappa shape index (κ2) is 4.50. The van der Waals surface area contributed by atoms with E-state index in [-0.39, 0.29) is 11.9 Å². The molecule has 20 heavy (non-hydrogen) atoms. The monoisotopic (exact) mass is 282 g/mol. The predicted octanol–water partition coefficient (Wildman–Crippen LogP) is 2.80. The first-order valence-corrected chi connectivity index (χ1v) is 6.32. The first kappa shape index (κ1) is 13.0. The van der Waals surface area contributed by atoms with Crippen LogP contribution < -0.4 is 5.73 Å². The Morgan fingerprint density at radius 2 is 2.10 bits per heavy atom. The van der Waals surface area contributed by atoms with Crippen LogP contribution in [0.25, 0.3) is 0 Å². The van der Waals surface area contributed by atoms with Crippen molar-refractivity contribution in [3.05, 3.63) is 41.2 Å². The van der Waals surface area contributed by atoms with Crippen molar-refractivity contribution in [3.8, 4) is 0 Å². The summed E-state index contributed by atoms with van der Waals surface area (Å²) in [6.45, 7) is 0.703. The SMILES string of the molecule is Nc1nc2n(n1)CCCC2c1cccc(C(F)(F)F)c1. The van der Waals surface area contributed by atoms with Crippen molar-refractivity contribution < 1.29 is 13.2 Å². The van der Waals surface area contributed by atoms with Crippen LogP contribution in [0.2, 0.25) is 0 Å². The summed E-state index contributed by atoms with van der Waals surface area (Å²) in [6, 6.07) is 5.38. The Bertz CT molecular complexity index is 633. The van der Waals surface area contributed by atoms with Gasteiger partial charge >= 0.3 is 6.18 Å². The molecular weight excluding hydrogens is 269 g/mol. The highest BCUT2D eigenvalue weighted by Gasteiger charge is 2.32. The van der Waals surface area contributed by atoms with Gasteiger partial charge in [0, 0.05) is 12.5 Å². The first-order valence-electron chi connectivity index (χ1n) is 6.32. The van der Waals surface area contributed by atoms with Crippen molar-refractivity contribution in [2.75, 3.05) is 5.73 Å². The van der Waals surface area contributed by atoms with E-state index in [1.54, 1.807) is 10.7 Å². The Kier molecular flexibility index (Phi) is 2.92. The van der Waals surface area contributed by atoms with E-state index < -0.39 is 11.7 Å². The molecule has 1 aromatic carbocycles. The summed E-state index contributed by atoms with van der Waals surface area (Å²) in [5.41, 5.74) is 5.54. The number of anilines is 1. The molecule has 2 N–H and O–H groups in total. The summed E-state index contributed by atoms with van der Waals surface area (Å²) in [5, 5.41) is 4.06. The molecule has 4 nitrogen and oxygen atoms in total. The lowest BCUT2D eigenvalue weighted by molar-refractivity contribution is -0.137. The third-order valence-electron chi connectivity index (χ3n) is 3.51. The maximum absolute atomic E-state index is 12.8. The zero-order valence-corrected chi connectivity index (χ0v) is 10.6. The van der Waals surface area contributed by atoms with Crippen molar-refractivity contribution in [2.24, 2.45) is 0 Å². The molecule has 1 aliphatic heterocycles. The average Bonchev–Trinajstić information content (AvgIpc) is 2.77. The molecule has 0 fully saturated rings. The van der Waals surface area contributed by atoms with Crippen LogP contribution in [0.1, 0.15) is 35.7 Å². The molecule has 1 atom stereocenters. The molecule has 0 saturated heterocycles. The molecule has 0 bridgehead atoms. The fraction of sp³-hybridized carbons (Fsp3) is 0.385. The quantitative estimate of drug-likeness (QED) is 0.875. The molecule has 0 saturated carbocycles. The first-order chi connectivity index (χ1) is 9.45. The van der Waals surface area contributed by atoms with E-state index in [4.69, 9.17) is 5.73 Å². The average molecular weight is 282 g/mol. The van der Waals surface area contributed by atoms with Crippen LogP contribution in [0.4, 0.5) is 19.1 Å². The fourth-order valence-corrected chi connectivity index (χ4v) is 2.62. The van der Waals surface area contributed by atoms with Crippen LogP contribution in [0.3, 0.4) is 0 Å². The van der Waals surface area contributed by atoms with Gasteiger partial charge in [0.2, 0.25) is 5.95 Å². The van der Waals surface area contributed by atoms with Crippen molar-refractivity contribution in [2.45, 2.75) is 31.5 Å². The Labute approximate surface area is 113 Å². The molecule has 3 rings (SSSR count). The zero-order chi connectivity index (χ0) is 14.3. The number of benzene rings is 1. The van der Waals surface area contributed by atoms with Gasteiger partial charge in [-0.1, -0.05) is 18.2 Å². The summed E-state index contributed by atoms with van der Waals surface area (Å²) in [6.07, 6.45) is -2.74. The predicted molar refractivity (Wildman–Crippen MR) is 67.0 cm³/mol. The number of hydrogen-bond donors (Lipinski definition) is 1. The number of hydrogen-bond acceptors (Lipinski definition) is 3. The molecule has 1 aromatic heterocycles. The van der Waals surface area contributed by atoms with Crippen molar-refractivity contribution in [3.63, 3.8) is 0 Å². The van der Waals surface area contributed by atoms with Crippen LogP contribution in [-0.4, -0.2) is 14.8 Å². The van der Waals surface area contributed by atoms with E-state index in [0.29, 0.717) is 17.9 Å². The number of nitrogens with two attached hydrogens (primary N) is 1. The molecule has 0 radical (unpaired) electrons. The molecule has 2 aromatic rings. The molecule has 2 heterocycles. The summed E-state index contributed by atoms with van der Waals surface area (Å²) in [4.78, 5) is 4.15. The van der Waals surface area contributed by atoms with E-state index in [1.807, 2.05) is 0 Å². The fourth-order valence-electron chi connectivity index (χ4n) is 2.62. The number of aromatic nitrogens is 3. The van der Waals surface area contributed by atoms with Crippen LogP contribution in [0.5, 0.6) is 0 Å². The van der Waals surface area contributed by atoms with Gasteiger partial charge in [0.1, 0.15) is 5.82 Å². The van der Waals surface area contributed by atoms with E-state index in [2.05, 4.69) is 10.1 Å². The van der Waals surface area contributed by atoms with E-state index in [9.17, 15) is 13.2 Å². The topological polar surface area (TPSA) is 56.7 Å². The van der Waals surface area contributed by atoms with Crippen LogP contribution in [0.15, 0.2) is 24.3 Å². The Hall–Kier alpha value is -2.05. The van der Waals surface area contributed by atoms with Crippen molar-refractivity contribution >= 4 is 5.95 Å². The molecule has 0 aliphatic carbocycles. The van der Waals surface area contributed by atoms with Crippen LogP contribution in [0, 0.1) is 0 Å². The number of halogens is 3. The number of nitrogens with zero attached hydrogens (tertiary/aromatic N) is 3. The Morgan fingerprint density at radius 1 is 1.30 bits per heavy atom. The number of fused-ring (bicyclic) bond motifs is 1. The van der Waals surface area contributed by atoms with Crippen LogP contribution in [-0.2, 0) is 12.7 Å². The van der Waals surface area contributed by atoms with Gasteiger partial charge in [-0.25, -0.2) is 4.68 Å². The number of nitrogen functional groups attached to an aromatic ring is 1. The summed E-state index contributed by atoms with van der Waals surface area (Å²) < 4.78 is 40.0. The van der Waals surface area contributed by atoms with Gasteiger partial charge < -0.3 is 5.73 Å².